The van der Waals surface area contributed by atoms with E-state index in [-0.39, 0.29) is 6.10 Å². The van der Waals surface area contributed by atoms with Gasteiger partial charge >= 0.3 is 0 Å². The molecule has 0 aliphatic carbocycles. The normalized spacial score (nSPS) is 11.5. The van der Waals surface area contributed by atoms with Crippen LogP contribution in [0.15, 0.2) is 12.1 Å². The van der Waals surface area contributed by atoms with Crippen LogP contribution in [0.3, 0.4) is 0 Å². The van der Waals surface area contributed by atoms with Crippen LogP contribution >= 0.6 is 11.6 Å². The number of aromatic nitrogens is 2. The third kappa shape index (κ3) is 2.28. The number of nitrogens with two attached hydrogens (primary N) is 1. The van der Waals surface area contributed by atoms with Crippen LogP contribution in [0.2, 0.25) is 5.02 Å². The Bertz CT molecular complexity index is 507. The number of fused-ring (bicyclic) bond motifs is 1. The molecule has 0 aliphatic heterocycles. The first-order chi connectivity index (χ1) is 7.56. The molecule has 0 amide bonds. The molecule has 0 spiro atoms. The number of ether oxygens (including phenoxy) is 1. The van der Waals surface area contributed by atoms with Crippen molar-refractivity contribution in [1.82, 2.24) is 9.97 Å². The average Bonchev–Trinajstić information content (AvgIpc) is 2.57. The van der Waals surface area contributed by atoms with E-state index in [1.165, 1.54) is 0 Å². The number of aromatic amines is 1. The number of halogens is 1. The number of hydrogen-bond acceptors (Lipinski definition) is 3. The van der Waals surface area contributed by atoms with E-state index in [1.54, 1.807) is 12.1 Å². The highest BCUT2D eigenvalue weighted by atomic mass is 35.5. The maximum atomic E-state index is 5.90. The van der Waals surface area contributed by atoms with Crippen molar-refractivity contribution >= 4 is 28.3 Å². The number of imidazole rings is 1. The first-order valence-corrected chi connectivity index (χ1v) is 5.49. The van der Waals surface area contributed by atoms with Gasteiger partial charge in [-0.2, -0.15) is 0 Å². The molecule has 86 valence electrons. The van der Waals surface area contributed by atoms with Gasteiger partial charge in [0.05, 0.1) is 17.3 Å². The van der Waals surface area contributed by atoms with Crippen LogP contribution in [0.25, 0.3) is 11.0 Å². The first-order valence-electron chi connectivity index (χ1n) is 5.11. The molecule has 0 atom stereocenters. The third-order valence-electron chi connectivity index (χ3n) is 2.18. The monoisotopic (exact) mass is 239 g/mol. The van der Waals surface area contributed by atoms with Crippen LogP contribution in [0.1, 0.15) is 19.7 Å². The summed E-state index contributed by atoms with van der Waals surface area (Å²) in [7, 11) is 0. The summed E-state index contributed by atoms with van der Waals surface area (Å²) >= 11 is 5.90. The molecule has 0 fully saturated rings. The molecule has 0 radical (unpaired) electrons. The minimum atomic E-state index is 0.175. The van der Waals surface area contributed by atoms with Gasteiger partial charge in [-0.1, -0.05) is 11.6 Å². The molecule has 1 heterocycles. The largest absolute Gasteiger partial charge is 0.397 e. The molecule has 0 aliphatic rings. The van der Waals surface area contributed by atoms with Gasteiger partial charge < -0.3 is 15.5 Å². The highest BCUT2D eigenvalue weighted by molar-refractivity contribution is 6.31. The fourth-order valence-electron chi connectivity index (χ4n) is 1.47. The summed E-state index contributed by atoms with van der Waals surface area (Å²) in [5.74, 6) is 0.762. The number of H-pyrrole nitrogens is 1. The zero-order valence-electron chi connectivity index (χ0n) is 9.25. The number of benzene rings is 1. The molecule has 5 heteroatoms. The van der Waals surface area contributed by atoms with Gasteiger partial charge in [-0.25, -0.2) is 4.98 Å². The highest BCUT2D eigenvalue weighted by Gasteiger charge is 2.07. The van der Waals surface area contributed by atoms with E-state index in [1.807, 2.05) is 13.8 Å². The van der Waals surface area contributed by atoms with Crippen molar-refractivity contribution in [1.29, 1.82) is 0 Å². The summed E-state index contributed by atoms with van der Waals surface area (Å²) in [6.45, 7) is 4.41. The Morgan fingerprint density at radius 2 is 2.25 bits per heavy atom. The maximum Gasteiger partial charge on any atom is 0.133 e. The Hall–Kier alpha value is -1.26. The Labute approximate surface area is 98.8 Å². The van der Waals surface area contributed by atoms with Crippen molar-refractivity contribution in [2.75, 3.05) is 5.73 Å². The lowest BCUT2D eigenvalue weighted by Gasteiger charge is -2.03. The lowest BCUT2D eigenvalue weighted by molar-refractivity contribution is 0.0619. The van der Waals surface area contributed by atoms with Crippen molar-refractivity contribution in [3.63, 3.8) is 0 Å². The molecule has 1 aromatic carbocycles. The molecule has 16 heavy (non-hydrogen) atoms. The van der Waals surface area contributed by atoms with Gasteiger partial charge in [-0.3, -0.25) is 0 Å². The van der Waals surface area contributed by atoms with E-state index in [0.717, 1.165) is 16.9 Å². The topological polar surface area (TPSA) is 63.9 Å². The van der Waals surface area contributed by atoms with E-state index < -0.39 is 0 Å². The second-order valence-corrected chi connectivity index (χ2v) is 4.37. The first kappa shape index (κ1) is 11.2. The molecular weight excluding hydrogens is 226 g/mol. The van der Waals surface area contributed by atoms with Crippen LogP contribution in [0.5, 0.6) is 0 Å². The molecule has 0 saturated carbocycles. The fraction of sp³-hybridized carbons (Fsp3) is 0.364. The Morgan fingerprint density at radius 3 is 2.94 bits per heavy atom. The summed E-state index contributed by atoms with van der Waals surface area (Å²) in [4.78, 5) is 7.49. The highest BCUT2D eigenvalue weighted by Crippen LogP contribution is 2.24. The van der Waals surface area contributed by atoms with Crippen molar-refractivity contribution < 1.29 is 4.74 Å². The summed E-state index contributed by atoms with van der Waals surface area (Å²) < 4.78 is 5.46. The predicted octanol–water partition coefficient (Wildman–Crippen LogP) is 2.72. The molecular formula is C11H14ClN3O. The lowest BCUT2D eigenvalue weighted by atomic mass is 10.3. The average molecular weight is 240 g/mol. The van der Waals surface area contributed by atoms with E-state index in [9.17, 15) is 0 Å². The second-order valence-electron chi connectivity index (χ2n) is 3.93. The third-order valence-corrected chi connectivity index (χ3v) is 2.40. The summed E-state index contributed by atoms with van der Waals surface area (Å²) in [5, 5.41) is 0.602. The predicted molar refractivity (Wildman–Crippen MR) is 65.4 cm³/mol. The van der Waals surface area contributed by atoms with Gasteiger partial charge in [0.25, 0.3) is 0 Å². The number of rotatable bonds is 3. The van der Waals surface area contributed by atoms with Crippen LogP contribution in [0, 0.1) is 0 Å². The van der Waals surface area contributed by atoms with Crippen molar-refractivity contribution in [2.24, 2.45) is 0 Å². The molecule has 2 rings (SSSR count). The van der Waals surface area contributed by atoms with E-state index >= 15 is 0 Å². The fourth-order valence-corrected chi connectivity index (χ4v) is 1.70. The molecule has 1 aromatic heterocycles. The van der Waals surface area contributed by atoms with Crippen molar-refractivity contribution in [2.45, 2.75) is 26.6 Å². The Balaban J connectivity index is 2.33. The summed E-state index contributed by atoms with van der Waals surface area (Å²) in [5.41, 5.74) is 7.98. The second kappa shape index (κ2) is 4.31. The number of hydrogen-bond donors (Lipinski definition) is 2. The van der Waals surface area contributed by atoms with Crippen LogP contribution in [-0.4, -0.2) is 16.1 Å². The zero-order valence-corrected chi connectivity index (χ0v) is 10.0. The van der Waals surface area contributed by atoms with Crippen molar-refractivity contribution in [3.05, 3.63) is 23.0 Å². The molecule has 4 nitrogen and oxygen atoms in total. The van der Waals surface area contributed by atoms with Gasteiger partial charge in [0, 0.05) is 5.02 Å². The number of anilines is 1. The van der Waals surface area contributed by atoms with E-state index in [4.69, 9.17) is 22.1 Å². The van der Waals surface area contributed by atoms with Crippen LogP contribution in [-0.2, 0) is 11.3 Å². The van der Waals surface area contributed by atoms with Gasteiger partial charge in [-0.05, 0) is 26.0 Å². The van der Waals surface area contributed by atoms with Crippen molar-refractivity contribution in [3.8, 4) is 0 Å². The molecule has 0 saturated heterocycles. The summed E-state index contributed by atoms with van der Waals surface area (Å²) in [6.07, 6.45) is 0.175. The molecule has 3 N–H and O–H groups in total. The molecule has 2 aromatic rings. The minimum absolute atomic E-state index is 0.175. The zero-order chi connectivity index (χ0) is 11.7. The van der Waals surface area contributed by atoms with Gasteiger partial charge in [-0.15, -0.1) is 0 Å². The maximum absolute atomic E-state index is 5.90. The minimum Gasteiger partial charge on any atom is -0.397 e. The Morgan fingerprint density at radius 1 is 1.50 bits per heavy atom. The van der Waals surface area contributed by atoms with Crippen LogP contribution in [0.4, 0.5) is 5.69 Å². The summed E-state index contributed by atoms with van der Waals surface area (Å²) in [6, 6.07) is 3.50. The van der Waals surface area contributed by atoms with Crippen LogP contribution < -0.4 is 5.73 Å². The smallest absolute Gasteiger partial charge is 0.133 e. The lowest BCUT2D eigenvalue weighted by Crippen LogP contribution is -2.03. The van der Waals surface area contributed by atoms with Gasteiger partial charge in [0.15, 0.2) is 0 Å². The van der Waals surface area contributed by atoms with Gasteiger partial charge in [0.1, 0.15) is 17.9 Å². The van der Waals surface area contributed by atoms with Gasteiger partial charge in [0.2, 0.25) is 0 Å². The Kier molecular flexibility index (Phi) is 3.03. The number of nitrogens with one attached hydrogen (secondary N) is 1. The standard InChI is InChI=1S/C11H14ClN3O/c1-6(2)16-5-10-14-9-4-7(12)3-8(13)11(9)15-10/h3-4,6H,5,13H2,1-2H3,(H,14,15). The molecule has 0 bridgehead atoms. The number of nitrogens with zero attached hydrogens (tertiary/aromatic N) is 1. The number of nitrogen functional groups attached to an aromatic ring is 1. The van der Waals surface area contributed by atoms with E-state index in [0.29, 0.717) is 17.3 Å². The molecule has 0 unspecified atom stereocenters. The quantitative estimate of drug-likeness (QED) is 0.810. The SMILES string of the molecule is CC(C)OCc1nc2c(N)cc(Cl)cc2[nH]1. The van der Waals surface area contributed by atoms with E-state index in [2.05, 4.69) is 9.97 Å².